The lowest BCUT2D eigenvalue weighted by atomic mass is 9.83. The molecule has 0 amide bonds. The van der Waals surface area contributed by atoms with Crippen molar-refractivity contribution >= 4 is 5.78 Å². The minimum atomic E-state index is 0.261. The lowest BCUT2D eigenvalue weighted by Crippen LogP contribution is -2.58. The first kappa shape index (κ1) is 10.1. The van der Waals surface area contributed by atoms with Crippen LogP contribution in [0.15, 0.2) is 0 Å². The summed E-state index contributed by atoms with van der Waals surface area (Å²) >= 11 is 0. The smallest absolute Gasteiger partial charge is 0.144 e. The summed E-state index contributed by atoms with van der Waals surface area (Å²) in [5, 5.41) is 3.35. The van der Waals surface area contributed by atoms with Crippen LogP contribution in [0.5, 0.6) is 0 Å². The molecule has 3 heteroatoms. The fourth-order valence-electron chi connectivity index (χ4n) is 2.53. The van der Waals surface area contributed by atoms with Crippen molar-refractivity contribution in [1.82, 2.24) is 10.2 Å². The number of piperidine rings is 2. The first-order valence-corrected chi connectivity index (χ1v) is 5.70. The zero-order valence-electron chi connectivity index (χ0n) is 9.12. The van der Waals surface area contributed by atoms with Gasteiger partial charge in [-0.3, -0.25) is 9.69 Å². The van der Waals surface area contributed by atoms with Gasteiger partial charge in [0.1, 0.15) is 5.78 Å². The Morgan fingerprint density at radius 1 is 1.43 bits per heavy atom. The summed E-state index contributed by atoms with van der Waals surface area (Å²) in [6.07, 6.45) is 1.18. The van der Waals surface area contributed by atoms with Crippen molar-refractivity contribution in [2.75, 3.05) is 26.2 Å². The summed E-state index contributed by atoms with van der Waals surface area (Å²) < 4.78 is 0. The van der Waals surface area contributed by atoms with Crippen LogP contribution in [-0.4, -0.2) is 42.9 Å². The molecule has 1 N–H and O–H groups in total. The van der Waals surface area contributed by atoms with Crippen LogP contribution in [0.2, 0.25) is 0 Å². The molecule has 3 atom stereocenters. The van der Waals surface area contributed by atoms with Gasteiger partial charge in [-0.05, 0) is 13.3 Å². The molecule has 2 aliphatic heterocycles. The average molecular weight is 196 g/mol. The second-order valence-corrected chi connectivity index (χ2v) is 4.67. The van der Waals surface area contributed by atoms with Crippen molar-refractivity contribution in [1.29, 1.82) is 0 Å². The van der Waals surface area contributed by atoms with Crippen LogP contribution in [0.25, 0.3) is 0 Å². The molecule has 0 saturated carbocycles. The maximum absolute atomic E-state index is 11.8. The monoisotopic (exact) mass is 196 g/mol. The first-order chi connectivity index (χ1) is 6.72. The SMILES string of the molecule is CCC(C)N1CC2CNCC(C1)C2=O. The second-order valence-electron chi connectivity index (χ2n) is 4.67. The molecule has 14 heavy (non-hydrogen) atoms. The third kappa shape index (κ3) is 1.71. The van der Waals surface area contributed by atoms with Gasteiger partial charge in [-0.25, -0.2) is 0 Å². The number of likely N-dealkylation sites (tertiary alicyclic amines) is 1. The molecule has 0 aromatic rings. The number of carbonyl (C=O) groups excluding carboxylic acids is 1. The maximum Gasteiger partial charge on any atom is 0.144 e. The third-order valence-electron chi connectivity index (χ3n) is 3.71. The van der Waals surface area contributed by atoms with Gasteiger partial charge in [0.15, 0.2) is 0 Å². The predicted octanol–water partition coefficient (Wildman–Crippen LogP) is 0.505. The number of hydrogen-bond donors (Lipinski definition) is 1. The standard InChI is InChI=1S/C11H20N2O/c1-3-8(2)13-6-9-4-12-5-10(7-13)11(9)14/h8-10,12H,3-7H2,1-2H3. The van der Waals surface area contributed by atoms with Crippen LogP contribution in [-0.2, 0) is 4.79 Å². The topological polar surface area (TPSA) is 32.3 Å². The number of rotatable bonds is 2. The van der Waals surface area contributed by atoms with Gasteiger partial charge in [0.05, 0.1) is 0 Å². The van der Waals surface area contributed by atoms with Crippen molar-refractivity contribution < 1.29 is 4.79 Å². The van der Waals surface area contributed by atoms with E-state index in [2.05, 4.69) is 24.1 Å². The summed E-state index contributed by atoms with van der Waals surface area (Å²) in [6, 6.07) is 0.631. The summed E-state index contributed by atoms with van der Waals surface area (Å²) in [7, 11) is 0. The minimum Gasteiger partial charge on any atom is -0.315 e. The molecular formula is C11H20N2O. The van der Waals surface area contributed by atoms with Crippen molar-refractivity contribution in [2.24, 2.45) is 11.8 Å². The molecule has 2 heterocycles. The van der Waals surface area contributed by atoms with E-state index in [0.717, 1.165) is 26.2 Å². The zero-order valence-corrected chi connectivity index (χ0v) is 9.12. The highest BCUT2D eigenvalue weighted by Gasteiger charge is 2.38. The minimum absolute atomic E-state index is 0.261. The Labute approximate surface area is 85.8 Å². The van der Waals surface area contributed by atoms with Gasteiger partial charge in [-0.2, -0.15) is 0 Å². The highest BCUT2D eigenvalue weighted by atomic mass is 16.1. The molecule has 2 rings (SSSR count). The lowest BCUT2D eigenvalue weighted by Gasteiger charge is -2.42. The summed E-state index contributed by atoms with van der Waals surface area (Å²) in [4.78, 5) is 14.3. The van der Waals surface area contributed by atoms with Gasteiger partial charge < -0.3 is 5.32 Å². The normalized spacial score (nSPS) is 35.7. The molecular weight excluding hydrogens is 176 g/mol. The van der Waals surface area contributed by atoms with E-state index in [1.54, 1.807) is 0 Å². The van der Waals surface area contributed by atoms with Gasteiger partial charge in [-0.15, -0.1) is 0 Å². The van der Waals surface area contributed by atoms with Crippen LogP contribution in [0, 0.1) is 11.8 Å². The number of fused-ring (bicyclic) bond motifs is 2. The van der Waals surface area contributed by atoms with Crippen molar-refractivity contribution in [3.63, 3.8) is 0 Å². The van der Waals surface area contributed by atoms with Gasteiger partial charge in [0.25, 0.3) is 0 Å². The Bertz CT molecular complexity index is 213. The van der Waals surface area contributed by atoms with Gasteiger partial charge in [0.2, 0.25) is 0 Å². The second kappa shape index (κ2) is 3.99. The van der Waals surface area contributed by atoms with Crippen LogP contribution in [0.4, 0.5) is 0 Å². The molecule has 0 aromatic carbocycles. The van der Waals surface area contributed by atoms with Crippen molar-refractivity contribution in [3.05, 3.63) is 0 Å². The number of carbonyl (C=O) groups is 1. The molecule has 3 nitrogen and oxygen atoms in total. The van der Waals surface area contributed by atoms with E-state index in [-0.39, 0.29) is 11.8 Å². The summed E-state index contributed by atoms with van der Waals surface area (Å²) in [5.41, 5.74) is 0. The largest absolute Gasteiger partial charge is 0.315 e. The van der Waals surface area contributed by atoms with Crippen LogP contribution in [0.3, 0.4) is 0 Å². The Kier molecular flexibility index (Phi) is 2.88. The average Bonchev–Trinajstić information content (AvgIpc) is 2.16. The molecule has 2 fully saturated rings. The van der Waals surface area contributed by atoms with Crippen LogP contribution >= 0.6 is 0 Å². The molecule has 2 bridgehead atoms. The number of nitrogens with zero attached hydrogens (tertiary/aromatic N) is 1. The van der Waals surface area contributed by atoms with Crippen LogP contribution in [0.1, 0.15) is 20.3 Å². The number of ketones is 1. The first-order valence-electron chi connectivity index (χ1n) is 5.70. The zero-order chi connectivity index (χ0) is 10.1. The maximum atomic E-state index is 11.8. The van der Waals surface area contributed by atoms with Crippen molar-refractivity contribution in [2.45, 2.75) is 26.3 Å². The van der Waals surface area contributed by atoms with E-state index < -0.39 is 0 Å². The van der Waals surface area contributed by atoms with Gasteiger partial charge in [-0.1, -0.05) is 6.92 Å². The Morgan fingerprint density at radius 3 is 2.50 bits per heavy atom. The van der Waals surface area contributed by atoms with Gasteiger partial charge in [0, 0.05) is 44.1 Å². The third-order valence-corrected chi connectivity index (χ3v) is 3.71. The van der Waals surface area contributed by atoms with E-state index in [1.165, 1.54) is 6.42 Å². The summed E-state index contributed by atoms with van der Waals surface area (Å²) in [6.45, 7) is 8.20. The van der Waals surface area contributed by atoms with E-state index >= 15 is 0 Å². The molecule has 3 unspecified atom stereocenters. The fraction of sp³-hybridized carbons (Fsp3) is 0.909. The highest BCUT2D eigenvalue weighted by Crippen LogP contribution is 2.23. The molecule has 2 saturated heterocycles. The number of Topliss-reactive ketones (excluding diaryl/α,β-unsaturated/α-hetero) is 1. The summed E-state index contributed by atoms with van der Waals surface area (Å²) in [5.74, 6) is 1.02. The van der Waals surface area contributed by atoms with E-state index in [1.807, 2.05) is 0 Å². The highest BCUT2D eigenvalue weighted by molar-refractivity contribution is 5.85. The molecule has 0 spiro atoms. The van der Waals surface area contributed by atoms with E-state index in [0.29, 0.717) is 11.8 Å². The Morgan fingerprint density at radius 2 is 2.00 bits per heavy atom. The molecule has 0 radical (unpaired) electrons. The molecule has 80 valence electrons. The van der Waals surface area contributed by atoms with E-state index in [4.69, 9.17) is 0 Å². The fourth-order valence-corrected chi connectivity index (χ4v) is 2.53. The predicted molar refractivity (Wildman–Crippen MR) is 56.2 cm³/mol. The van der Waals surface area contributed by atoms with Crippen molar-refractivity contribution in [3.8, 4) is 0 Å². The quantitative estimate of drug-likeness (QED) is 0.698. The van der Waals surface area contributed by atoms with Crippen LogP contribution < -0.4 is 5.32 Å². The molecule has 0 aromatic heterocycles. The number of hydrogen-bond acceptors (Lipinski definition) is 3. The molecule has 2 aliphatic rings. The van der Waals surface area contributed by atoms with E-state index in [9.17, 15) is 4.79 Å². The number of nitrogens with one attached hydrogen (secondary N) is 1. The molecule has 0 aliphatic carbocycles. The lowest BCUT2D eigenvalue weighted by molar-refractivity contribution is -0.134. The Balaban J connectivity index is 2.03. The Hall–Kier alpha value is -0.410. The van der Waals surface area contributed by atoms with Gasteiger partial charge >= 0.3 is 0 Å².